The largest absolute Gasteiger partial charge is 0.497 e. The van der Waals surface area contributed by atoms with Crippen LogP contribution in [0.1, 0.15) is 10.5 Å². The number of carboxylic acids is 1. The maximum Gasteiger partial charge on any atom is 0.352 e. The van der Waals surface area contributed by atoms with E-state index in [9.17, 15) is 9.90 Å². The number of hydrogen-bond acceptors (Lipinski definition) is 2. The van der Waals surface area contributed by atoms with Crippen molar-refractivity contribution in [3.05, 3.63) is 42.2 Å². The fourth-order valence-corrected chi connectivity index (χ4v) is 2.70. The number of aromatic carboxylic acids is 1. The minimum atomic E-state index is -0.929. The molecule has 2 heterocycles. The van der Waals surface area contributed by atoms with Gasteiger partial charge in [-0.3, -0.25) is 0 Å². The Bertz CT molecular complexity index is 843. The van der Waals surface area contributed by atoms with E-state index in [1.165, 1.54) is 0 Å². The molecular weight excluding hydrogens is 268 g/mol. The number of ether oxygens (including phenoxy) is 1. The molecule has 0 saturated carbocycles. The molecule has 3 rings (SSSR count). The molecule has 0 amide bonds. The molecule has 0 radical (unpaired) electrons. The van der Waals surface area contributed by atoms with E-state index in [0.717, 1.165) is 27.9 Å². The molecule has 1 aromatic carbocycles. The summed E-state index contributed by atoms with van der Waals surface area (Å²) in [6.45, 7) is 0. The highest BCUT2D eigenvalue weighted by atomic mass is 16.5. The summed E-state index contributed by atoms with van der Waals surface area (Å²) in [5.74, 6) is -0.149. The zero-order valence-corrected chi connectivity index (χ0v) is 12.1. The number of benzene rings is 1. The first-order chi connectivity index (χ1) is 10.0. The van der Waals surface area contributed by atoms with E-state index in [2.05, 4.69) is 0 Å². The topological polar surface area (TPSA) is 56.4 Å². The first kappa shape index (κ1) is 13.3. The Morgan fingerprint density at radius 3 is 2.57 bits per heavy atom. The number of carbonyl (C=O) groups is 1. The number of aryl methyl sites for hydroxylation is 1. The monoisotopic (exact) mass is 284 g/mol. The Hall–Kier alpha value is -2.69. The second kappa shape index (κ2) is 4.70. The van der Waals surface area contributed by atoms with E-state index in [0.29, 0.717) is 0 Å². The van der Waals surface area contributed by atoms with Crippen molar-refractivity contribution in [2.24, 2.45) is 14.1 Å². The van der Waals surface area contributed by atoms with E-state index < -0.39 is 5.97 Å². The van der Waals surface area contributed by atoms with Crippen LogP contribution in [0.15, 0.2) is 36.5 Å². The maximum absolute atomic E-state index is 11.2. The Kier molecular flexibility index (Phi) is 2.97. The highest BCUT2D eigenvalue weighted by molar-refractivity contribution is 5.97. The van der Waals surface area contributed by atoms with Gasteiger partial charge in [-0.1, -0.05) is 0 Å². The molecule has 1 N–H and O–H groups in total. The molecule has 0 fully saturated rings. The van der Waals surface area contributed by atoms with Gasteiger partial charge < -0.3 is 19.0 Å². The summed E-state index contributed by atoms with van der Waals surface area (Å²) in [5.41, 5.74) is 3.20. The SMILES string of the molecule is COc1ccc2c(c1)c(-c1ccc(C(=O)O)n1C)cn2C. The number of nitrogens with zero attached hydrogens (tertiary/aromatic N) is 2. The third-order valence-electron chi connectivity index (χ3n) is 3.81. The second-order valence-electron chi connectivity index (χ2n) is 5.00. The summed E-state index contributed by atoms with van der Waals surface area (Å²) >= 11 is 0. The van der Waals surface area contributed by atoms with Crippen molar-refractivity contribution in [3.63, 3.8) is 0 Å². The average molecular weight is 284 g/mol. The Labute approximate surface area is 122 Å². The summed E-state index contributed by atoms with van der Waals surface area (Å²) in [4.78, 5) is 11.2. The van der Waals surface area contributed by atoms with Gasteiger partial charge in [0.2, 0.25) is 0 Å². The number of hydrogen-bond donors (Lipinski definition) is 1. The van der Waals surface area contributed by atoms with Crippen LogP contribution in [0, 0.1) is 0 Å². The minimum absolute atomic E-state index is 0.268. The first-order valence-electron chi connectivity index (χ1n) is 6.55. The molecule has 0 spiro atoms. The summed E-state index contributed by atoms with van der Waals surface area (Å²) in [6.07, 6.45) is 2.01. The zero-order valence-electron chi connectivity index (χ0n) is 12.1. The van der Waals surface area contributed by atoms with E-state index in [4.69, 9.17) is 4.74 Å². The second-order valence-corrected chi connectivity index (χ2v) is 5.00. The number of fused-ring (bicyclic) bond motifs is 1. The lowest BCUT2D eigenvalue weighted by atomic mass is 10.1. The van der Waals surface area contributed by atoms with Crippen molar-refractivity contribution < 1.29 is 14.6 Å². The molecule has 0 bridgehead atoms. The Balaban J connectivity index is 2.27. The standard InChI is InChI=1S/C16H16N2O3/c1-17-9-12(11-8-10(21-3)4-5-13(11)17)14-6-7-15(16(19)20)18(14)2/h4-9H,1-3H3,(H,19,20). The molecule has 21 heavy (non-hydrogen) atoms. The third-order valence-corrected chi connectivity index (χ3v) is 3.81. The van der Waals surface area contributed by atoms with Gasteiger partial charge in [-0.25, -0.2) is 4.79 Å². The van der Waals surface area contributed by atoms with Gasteiger partial charge in [0.25, 0.3) is 0 Å². The van der Waals surface area contributed by atoms with Crippen molar-refractivity contribution in [3.8, 4) is 17.0 Å². The summed E-state index contributed by atoms with van der Waals surface area (Å²) < 4.78 is 9.00. The Morgan fingerprint density at radius 1 is 1.19 bits per heavy atom. The van der Waals surface area contributed by atoms with Crippen molar-refractivity contribution in [2.45, 2.75) is 0 Å². The van der Waals surface area contributed by atoms with Crippen LogP contribution in [0.25, 0.3) is 22.2 Å². The fourth-order valence-electron chi connectivity index (χ4n) is 2.70. The van der Waals surface area contributed by atoms with Gasteiger partial charge >= 0.3 is 5.97 Å². The van der Waals surface area contributed by atoms with E-state index in [-0.39, 0.29) is 5.69 Å². The van der Waals surface area contributed by atoms with Crippen LogP contribution in [-0.2, 0) is 14.1 Å². The molecular formula is C16H16N2O3. The van der Waals surface area contributed by atoms with Crippen molar-refractivity contribution >= 4 is 16.9 Å². The molecule has 108 valence electrons. The molecule has 2 aromatic heterocycles. The lowest BCUT2D eigenvalue weighted by molar-refractivity contribution is 0.0687. The van der Waals surface area contributed by atoms with Crippen LogP contribution in [0.3, 0.4) is 0 Å². The maximum atomic E-state index is 11.2. The molecule has 3 aromatic rings. The highest BCUT2D eigenvalue weighted by Crippen LogP contribution is 2.33. The number of aromatic nitrogens is 2. The first-order valence-corrected chi connectivity index (χ1v) is 6.55. The third kappa shape index (κ3) is 1.98. The van der Waals surface area contributed by atoms with Crippen LogP contribution < -0.4 is 4.74 Å². The zero-order chi connectivity index (χ0) is 15.1. The van der Waals surface area contributed by atoms with Gasteiger partial charge in [-0.2, -0.15) is 0 Å². The molecule has 5 nitrogen and oxygen atoms in total. The van der Waals surface area contributed by atoms with Gasteiger partial charge in [0.1, 0.15) is 11.4 Å². The summed E-state index contributed by atoms with van der Waals surface area (Å²) in [5, 5.41) is 10.2. The number of rotatable bonds is 3. The van der Waals surface area contributed by atoms with Gasteiger partial charge in [-0.05, 0) is 30.3 Å². The molecule has 0 aliphatic heterocycles. The minimum Gasteiger partial charge on any atom is -0.497 e. The van der Waals surface area contributed by atoms with E-state index >= 15 is 0 Å². The molecule has 0 saturated heterocycles. The normalized spacial score (nSPS) is 11.0. The van der Waals surface area contributed by atoms with Crippen LogP contribution >= 0.6 is 0 Å². The summed E-state index contributed by atoms with van der Waals surface area (Å²) in [6, 6.07) is 9.34. The van der Waals surface area contributed by atoms with Crippen LogP contribution in [-0.4, -0.2) is 27.3 Å². The highest BCUT2D eigenvalue weighted by Gasteiger charge is 2.16. The molecule has 0 unspecified atom stereocenters. The van der Waals surface area contributed by atoms with Crippen molar-refractivity contribution in [1.82, 2.24) is 9.13 Å². The Morgan fingerprint density at radius 2 is 1.95 bits per heavy atom. The predicted molar refractivity (Wildman–Crippen MR) is 80.8 cm³/mol. The smallest absolute Gasteiger partial charge is 0.352 e. The molecule has 5 heteroatoms. The predicted octanol–water partition coefficient (Wildman–Crippen LogP) is 2.89. The van der Waals surface area contributed by atoms with Gasteiger partial charge in [0.05, 0.1) is 12.8 Å². The van der Waals surface area contributed by atoms with Crippen molar-refractivity contribution in [1.29, 1.82) is 0 Å². The van der Waals surface area contributed by atoms with E-state index in [1.54, 1.807) is 24.8 Å². The van der Waals surface area contributed by atoms with E-state index in [1.807, 2.05) is 42.1 Å². The molecule has 0 aliphatic carbocycles. The van der Waals surface area contributed by atoms with Crippen molar-refractivity contribution in [2.75, 3.05) is 7.11 Å². The van der Waals surface area contributed by atoms with Crippen LogP contribution in [0.2, 0.25) is 0 Å². The van der Waals surface area contributed by atoms with Crippen LogP contribution in [0.5, 0.6) is 5.75 Å². The number of methoxy groups -OCH3 is 1. The number of carboxylic acid groups (broad SMARTS) is 1. The fraction of sp³-hybridized carbons (Fsp3) is 0.188. The van der Waals surface area contributed by atoms with Gasteiger partial charge in [0.15, 0.2) is 0 Å². The quantitative estimate of drug-likeness (QED) is 0.804. The van der Waals surface area contributed by atoms with Crippen LogP contribution in [0.4, 0.5) is 0 Å². The molecule has 0 aliphatic rings. The summed E-state index contributed by atoms with van der Waals surface area (Å²) in [7, 11) is 5.37. The average Bonchev–Trinajstić information content (AvgIpc) is 2.99. The van der Waals surface area contributed by atoms with Gasteiger partial charge in [-0.15, -0.1) is 0 Å². The van der Waals surface area contributed by atoms with Gasteiger partial charge in [0, 0.05) is 36.8 Å². The lowest BCUT2D eigenvalue weighted by Gasteiger charge is -2.05. The molecule has 0 atom stereocenters. The lowest BCUT2D eigenvalue weighted by Crippen LogP contribution is -2.04.